The van der Waals surface area contributed by atoms with Gasteiger partial charge in [0.05, 0.1) is 0 Å². The van der Waals surface area contributed by atoms with Gasteiger partial charge in [-0.05, 0) is 47.9 Å². The predicted molar refractivity (Wildman–Crippen MR) is 139 cm³/mol. The number of rotatable bonds is 4. The molecule has 0 fully saturated rings. The first-order chi connectivity index (χ1) is 16.5. The molecule has 0 aliphatic carbocycles. The second-order valence-corrected chi connectivity index (χ2v) is 9.86. The van der Waals surface area contributed by atoms with Crippen molar-refractivity contribution >= 4 is 28.4 Å². The minimum Gasteiger partial charge on any atom is -0.338 e. The molecule has 0 N–H and O–H groups in total. The summed E-state index contributed by atoms with van der Waals surface area (Å²) in [6.07, 6.45) is 7.92. The Bertz CT molecular complexity index is 1120. The molecule has 34 heavy (non-hydrogen) atoms. The summed E-state index contributed by atoms with van der Waals surface area (Å²) in [5.74, 6) is 0.611. The van der Waals surface area contributed by atoms with Gasteiger partial charge in [0.2, 0.25) is 11.8 Å². The molecule has 5 nitrogen and oxygen atoms in total. The Hall–Kier alpha value is -3.08. The van der Waals surface area contributed by atoms with Crippen molar-refractivity contribution in [2.45, 2.75) is 65.5 Å². The summed E-state index contributed by atoms with van der Waals surface area (Å²) in [6, 6.07) is 18.4. The van der Waals surface area contributed by atoms with Crippen LogP contribution in [0.15, 0.2) is 60.8 Å². The SMILES string of the molecule is CC(C)CC(=O)N1CCCCCCCN(C(=O)Cn2ccc3ccccc32)Cc2ccccc21. The second-order valence-electron chi connectivity index (χ2n) is 9.86. The third kappa shape index (κ3) is 5.88. The first-order valence-corrected chi connectivity index (χ1v) is 12.7. The molecule has 0 saturated carbocycles. The molecule has 1 aromatic heterocycles. The molecular weight excluding hydrogens is 422 g/mol. The minimum atomic E-state index is 0.119. The highest BCUT2D eigenvalue weighted by molar-refractivity contribution is 5.94. The topological polar surface area (TPSA) is 45.6 Å². The Balaban J connectivity index is 1.60. The highest BCUT2D eigenvalue weighted by Gasteiger charge is 2.22. The Kier molecular flexibility index (Phi) is 8.04. The number of hydrogen-bond donors (Lipinski definition) is 0. The molecule has 0 saturated heterocycles. The average molecular weight is 460 g/mol. The fraction of sp³-hybridized carbons (Fsp3) is 0.448. The number of benzene rings is 2. The van der Waals surface area contributed by atoms with Crippen LogP contribution in [0.3, 0.4) is 0 Å². The molecule has 180 valence electrons. The van der Waals surface area contributed by atoms with Crippen LogP contribution < -0.4 is 4.90 Å². The van der Waals surface area contributed by atoms with Gasteiger partial charge in [0.1, 0.15) is 6.54 Å². The monoisotopic (exact) mass is 459 g/mol. The molecule has 4 rings (SSSR count). The number of nitrogens with zero attached hydrogens (tertiary/aromatic N) is 3. The molecule has 0 spiro atoms. The van der Waals surface area contributed by atoms with Crippen LogP contribution in [0.5, 0.6) is 0 Å². The van der Waals surface area contributed by atoms with Crippen LogP contribution >= 0.6 is 0 Å². The van der Waals surface area contributed by atoms with Gasteiger partial charge in [0.15, 0.2) is 0 Å². The van der Waals surface area contributed by atoms with E-state index < -0.39 is 0 Å². The summed E-state index contributed by atoms with van der Waals surface area (Å²) in [7, 11) is 0. The zero-order valence-corrected chi connectivity index (χ0v) is 20.6. The fourth-order valence-electron chi connectivity index (χ4n) is 4.87. The van der Waals surface area contributed by atoms with Crippen molar-refractivity contribution in [1.82, 2.24) is 9.47 Å². The van der Waals surface area contributed by atoms with Gasteiger partial charge in [-0.2, -0.15) is 0 Å². The second kappa shape index (κ2) is 11.4. The predicted octanol–water partition coefficient (Wildman–Crippen LogP) is 6.01. The lowest BCUT2D eigenvalue weighted by Crippen LogP contribution is -2.37. The number of aromatic nitrogens is 1. The molecule has 2 aromatic carbocycles. The van der Waals surface area contributed by atoms with Crippen molar-refractivity contribution in [3.63, 3.8) is 0 Å². The zero-order valence-electron chi connectivity index (χ0n) is 20.6. The molecule has 2 heterocycles. The number of para-hydroxylation sites is 2. The van der Waals surface area contributed by atoms with Crippen molar-refractivity contribution < 1.29 is 9.59 Å². The van der Waals surface area contributed by atoms with Gasteiger partial charge in [-0.1, -0.05) is 69.5 Å². The number of amides is 2. The largest absolute Gasteiger partial charge is 0.338 e. The highest BCUT2D eigenvalue weighted by atomic mass is 16.2. The summed E-state index contributed by atoms with van der Waals surface area (Å²) in [6.45, 7) is 6.51. The van der Waals surface area contributed by atoms with Crippen LogP contribution in [0.4, 0.5) is 5.69 Å². The van der Waals surface area contributed by atoms with Crippen molar-refractivity contribution in [2.24, 2.45) is 5.92 Å². The summed E-state index contributed by atoms with van der Waals surface area (Å²) >= 11 is 0. The van der Waals surface area contributed by atoms with Crippen LogP contribution in [-0.2, 0) is 22.7 Å². The molecule has 0 bridgehead atoms. The number of carbonyl (C=O) groups is 2. The zero-order chi connectivity index (χ0) is 23.9. The van der Waals surface area contributed by atoms with E-state index in [1.165, 1.54) is 0 Å². The lowest BCUT2D eigenvalue weighted by atomic mass is 10.0. The summed E-state index contributed by atoms with van der Waals surface area (Å²) in [5.41, 5.74) is 3.08. The standard InChI is InChI=1S/C29H37N3O2/c1-23(2)20-28(33)32-18-11-5-3-4-10-17-31(21-25-13-7-9-15-27(25)32)29(34)22-30-19-16-24-12-6-8-14-26(24)30/h6-9,12-16,19,23H,3-5,10-11,17-18,20-22H2,1-2H3. The van der Waals surface area contributed by atoms with Crippen LogP contribution in [0, 0.1) is 5.92 Å². The quantitative estimate of drug-likeness (QED) is 0.479. The minimum absolute atomic E-state index is 0.119. The van der Waals surface area contributed by atoms with E-state index in [-0.39, 0.29) is 11.8 Å². The lowest BCUT2D eigenvalue weighted by Gasteiger charge is -2.30. The molecule has 0 atom stereocenters. The number of carbonyl (C=O) groups excluding carboxylic acids is 2. The van der Waals surface area contributed by atoms with E-state index in [9.17, 15) is 9.59 Å². The van der Waals surface area contributed by atoms with Gasteiger partial charge in [0, 0.05) is 43.5 Å². The molecular formula is C29H37N3O2. The molecule has 0 radical (unpaired) electrons. The van der Waals surface area contributed by atoms with Crippen molar-refractivity contribution in [3.8, 4) is 0 Å². The molecule has 5 heteroatoms. The number of anilines is 1. The Morgan fingerprint density at radius 1 is 0.824 bits per heavy atom. The van der Waals surface area contributed by atoms with E-state index in [1.54, 1.807) is 0 Å². The van der Waals surface area contributed by atoms with Crippen molar-refractivity contribution in [1.29, 1.82) is 0 Å². The molecule has 3 aromatic rings. The van der Waals surface area contributed by atoms with Crippen molar-refractivity contribution in [3.05, 3.63) is 66.4 Å². The Morgan fingerprint density at radius 3 is 2.35 bits per heavy atom. The van der Waals surface area contributed by atoms with Crippen LogP contribution in [0.25, 0.3) is 10.9 Å². The first-order valence-electron chi connectivity index (χ1n) is 12.7. The van der Waals surface area contributed by atoms with Gasteiger partial charge in [-0.15, -0.1) is 0 Å². The van der Waals surface area contributed by atoms with Gasteiger partial charge in [-0.25, -0.2) is 0 Å². The molecule has 2 amide bonds. The third-order valence-electron chi connectivity index (χ3n) is 6.68. The van der Waals surface area contributed by atoms with Crippen LogP contribution in [0.1, 0.15) is 57.9 Å². The lowest BCUT2D eigenvalue weighted by molar-refractivity contribution is -0.132. The van der Waals surface area contributed by atoms with E-state index in [1.807, 2.05) is 50.9 Å². The van der Waals surface area contributed by atoms with Crippen LogP contribution in [-0.4, -0.2) is 34.4 Å². The van der Waals surface area contributed by atoms with E-state index in [4.69, 9.17) is 0 Å². The molecule has 1 aliphatic heterocycles. The smallest absolute Gasteiger partial charge is 0.242 e. The summed E-state index contributed by atoms with van der Waals surface area (Å²) < 4.78 is 2.04. The normalized spacial score (nSPS) is 15.6. The highest BCUT2D eigenvalue weighted by Crippen LogP contribution is 2.26. The number of fused-ring (bicyclic) bond motifs is 2. The third-order valence-corrected chi connectivity index (χ3v) is 6.68. The maximum atomic E-state index is 13.5. The fourth-order valence-corrected chi connectivity index (χ4v) is 4.87. The Labute approximate surface area is 203 Å². The molecule has 1 aliphatic rings. The maximum absolute atomic E-state index is 13.5. The summed E-state index contributed by atoms with van der Waals surface area (Å²) in [5, 5.41) is 1.15. The van der Waals surface area contributed by atoms with Gasteiger partial charge >= 0.3 is 0 Å². The van der Waals surface area contributed by atoms with Gasteiger partial charge in [-0.3, -0.25) is 9.59 Å². The van der Waals surface area contributed by atoms with Gasteiger partial charge in [0.25, 0.3) is 0 Å². The molecule has 0 unspecified atom stereocenters. The summed E-state index contributed by atoms with van der Waals surface area (Å²) in [4.78, 5) is 30.7. The Morgan fingerprint density at radius 2 is 1.53 bits per heavy atom. The van der Waals surface area contributed by atoms with Gasteiger partial charge < -0.3 is 14.4 Å². The van der Waals surface area contributed by atoms with E-state index in [0.717, 1.165) is 67.3 Å². The number of hydrogen-bond acceptors (Lipinski definition) is 2. The van der Waals surface area contributed by atoms with Crippen LogP contribution in [0.2, 0.25) is 0 Å². The van der Waals surface area contributed by atoms with E-state index in [2.05, 4.69) is 38.1 Å². The van der Waals surface area contributed by atoms with E-state index in [0.29, 0.717) is 25.4 Å². The van der Waals surface area contributed by atoms with E-state index >= 15 is 0 Å². The van der Waals surface area contributed by atoms with Crippen molar-refractivity contribution in [2.75, 3.05) is 18.0 Å². The maximum Gasteiger partial charge on any atom is 0.242 e. The average Bonchev–Trinajstić information content (AvgIpc) is 3.21. The first kappa shape index (κ1) is 24.1.